The van der Waals surface area contributed by atoms with Crippen molar-refractivity contribution < 1.29 is 9.53 Å². The minimum absolute atomic E-state index is 0.0603. The molecule has 0 bridgehead atoms. The Balaban J connectivity index is 1.80. The van der Waals surface area contributed by atoms with Crippen molar-refractivity contribution in [3.05, 3.63) is 48.8 Å². The van der Waals surface area contributed by atoms with E-state index in [2.05, 4.69) is 15.3 Å². The fraction of sp³-hybridized carbons (Fsp3) is 0.263. The van der Waals surface area contributed by atoms with Gasteiger partial charge >= 0.3 is 0 Å². The maximum absolute atomic E-state index is 12.5. The lowest BCUT2D eigenvalue weighted by Gasteiger charge is -2.16. The highest BCUT2D eigenvalue weighted by atomic mass is 16.5. The molecule has 1 aliphatic heterocycles. The summed E-state index contributed by atoms with van der Waals surface area (Å²) in [5.41, 5.74) is 2.33. The molecular formula is C19H20N6O2. The van der Waals surface area contributed by atoms with E-state index < -0.39 is 0 Å². The molecule has 138 valence electrons. The van der Waals surface area contributed by atoms with Crippen molar-refractivity contribution in [3.63, 3.8) is 0 Å². The third-order valence-corrected chi connectivity index (χ3v) is 4.40. The molecule has 1 N–H and O–H groups in total. The lowest BCUT2D eigenvalue weighted by molar-refractivity contribution is -0.118. The third kappa shape index (κ3) is 3.52. The topological polar surface area (TPSA) is 85.2 Å². The Labute approximate surface area is 156 Å². The molecule has 27 heavy (non-hydrogen) atoms. The first-order valence-electron chi connectivity index (χ1n) is 8.79. The molecule has 1 amide bonds. The fourth-order valence-electron chi connectivity index (χ4n) is 3.03. The molecule has 0 aromatic carbocycles. The van der Waals surface area contributed by atoms with E-state index in [1.54, 1.807) is 35.2 Å². The third-order valence-electron chi connectivity index (χ3n) is 4.40. The van der Waals surface area contributed by atoms with Crippen LogP contribution in [0.1, 0.15) is 6.42 Å². The summed E-state index contributed by atoms with van der Waals surface area (Å²) in [6, 6.07) is 11.3. The van der Waals surface area contributed by atoms with Gasteiger partial charge in [0.25, 0.3) is 0 Å². The number of methoxy groups -OCH3 is 1. The van der Waals surface area contributed by atoms with Crippen molar-refractivity contribution in [2.45, 2.75) is 6.42 Å². The Bertz CT molecular complexity index is 923. The predicted molar refractivity (Wildman–Crippen MR) is 101 cm³/mol. The number of pyridine rings is 2. The maximum Gasteiger partial charge on any atom is 0.229 e. The summed E-state index contributed by atoms with van der Waals surface area (Å²) in [4.78, 5) is 22.9. The maximum atomic E-state index is 12.5. The van der Waals surface area contributed by atoms with Crippen molar-refractivity contribution in [1.29, 1.82) is 0 Å². The van der Waals surface area contributed by atoms with E-state index in [0.29, 0.717) is 31.2 Å². The van der Waals surface area contributed by atoms with Crippen LogP contribution < -0.4 is 15.0 Å². The summed E-state index contributed by atoms with van der Waals surface area (Å²) >= 11 is 0. The second-order valence-corrected chi connectivity index (χ2v) is 6.12. The molecule has 0 aliphatic carbocycles. The normalized spacial score (nSPS) is 14.9. The number of nitrogens with one attached hydrogen (secondary N) is 1. The molecular weight excluding hydrogens is 344 g/mol. The largest absolute Gasteiger partial charge is 0.481 e. The molecule has 4 rings (SSSR count). The first kappa shape index (κ1) is 17.2. The van der Waals surface area contributed by atoms with Crippen molar-refractivity contribution in [1.82, 2.24) is 25.1 Å². The number of aromatic nitrogens is 4. The number of ether oxygens (including phenoxy) is 1. The second-order valence-electron chi connectivity index (χ2n) is 6.12. The molecule has 3 aromatic heterocycles. The average molecular weight is 364 g/mol. The van der Waals surface area contributed by atoms with E-state index >= 15 is 0 Å². The Morgan fingerprint density at radius 3 is 2.81 bits per heavy atom. The molecule has 0 saturated carbocycles. The molecule has 8 heteroatoms. The van der Waals surface area contributed by atoms with Crippen molar-refractivity contribution in [3.8, 4) is 23.0 Å². The summed E-state index contributed by atoms with van der Waals surface area (Å²) in [5.74, 6) is 1.20. The number of amides is 1. The van der Waals surface area contributed by atoms with Gasteiger partial charge in [0.2, 0.25) is 11.8 Å². The number of nitrogens with zero attached hydrogens (tertiary/aromatic N) is 5. The molecule has 0 unspecified atom stereocenters. The van der Waals surface area contributed by atoms with Crippen LogP contribution in [0.15, 0.2) is 48.8 Å². The summed E-state index contributed by atoms with van der Waals surface area (Å²) in [7, 11) is 1.58. The fourth-order valence-corrected chi connectivity index (χ4v) is 3.03. The summed E-state index contributed by atoms with van der Waals surface area (Å²) in [5, 5.41) is 7.94. The van der Waals surface area contributed by atoms with E-state index in [9.17, 15) is 4.79 Å². The number of carbonyl (C=O) groups is 1. The van der Waals surface area contributed by atoms with Crippen LogP contribution in [0.5, 0.6) is 5.88 Å². The molecule has 1 saturated heterocycles. The molecule has 0 atom stereocenters. The van der Waals surface area contributed by atoms with Gasteiger partial charge in [-0.3, -0.25) is 14.7 Å². The van der Waals surface area contributed by atoms with E-state index in [-0.39, 0.29) is 5.91 Å². The molecule has 3 aromatic rings. The van der Waals surface area contributed by atoms with Crippen LogP contribution in [0.4, 0.5) is 5.82 Å². The van der Waals surface area contributed by atoms with E-state index in [1.807, 2.05) is 30.3 Å². The van der Waals surface area contributed by atoms with Crippen LogP contribution in [0.25, 0.3) is 17.1 Å². The van der Waals surface area contributed by atoms with Gasteiger partial charge in [-0.05, 0) is 18.2 Å². The van der Waals surface area contributed by atoms with Gasteiger partial charge in [-0.15, -0.1) is 5.10 Å². The SMILES string of the molecule is COc1ccc(-n2nc(N3CCNCCC3=O)cc2-c2ccccn2)cn1. The average Bonchev–Trinajstić information content (AvgIpc) is 3.05. The number of hydrogen-bond donors (Lipinski definition) is 1. The molecule has 1 fully saturated rings. The predicted octanol–water partition coefficient (Wildman–Crippen LogP) is 1.66. The van der Waals surface area contributed by atoms with E-state index in [1.165, 1.54) is 0 Å². The van der Waals surface area contributed by atoms with Crippen LogP contribution in [0, 0.1) is 0 Å². The van der Waals surface area contributed by atoms with Crippen molar-refractivity contribution in [2.24, 2.45) is 0 Å². The van der Waals surface area contributed by atoms with Gasteiger partial charge in [0, 0.05) is 44.4 Å². The highest BCUT2D eigenvalue weighted by Crippen LogP contribution is 2.27. The van der Waals surface area contributed by atoms with Gasteiger partial charge in [0.1, 0.15) is 0 Å². The van der Waals surface area contributed by atoms with Gasteiger partial charge in [0.15, 0.2) is 5.82 Å². The standard InChI is InChI=1S/C19H20N6O2/c1-27-18-6-5-14(13-22-18)25-16(15-4-2-3-8-21-15)12-17(23-25)24-11-10-20-9-7-19(24)26/h2-6,8,12-13,20H,7,9-11H2,1H3. The molecule has 4 heterocycles. The minimum Gasteiger partial charge on any atom is -0.481 e. The lowest BCUT2D eigenvalue weighted by Crippen LogP contribution is -2.32. The van der Waals surface area contributed by atoms with Crippen molar-refractivity contribution >= 4 is 11.7 Å². The lowest BCUT2D eigenvalue weighted by atomic mass is 10.2. The zero-order valence-corrected chi connectivity index (χ0v) is 15.0. The molecule has 8 nitrogen and oxygen atoms in total. The van der Waals surface area contributed by atoms with E-state index in [0.717, 1.165) is 23.6 Å². The number of hydrogen-bond acceptors (Lipinski definition) is 6. The molecule has 0 spiro atoms. The van der Waals surface area contributed by atoms with Crippen LogP contribution in [-0.4, -0.2) is 52.4 Å². The van der Waals surface area contributed by atoms with Crippen LogP contribution >= 0.6 is 0 Å². The molecule has 0 radical (unpaired) electrons. The first-order chi connectivity index (χ1) is 13.3. The van der Waals surface area contributed by atoms with Gasteiger partial charge in [-0.2, -0.15) is 0 Å². The number of carbonyl (C=O) groups excluding carboxylic acids is 1. The summed E-state index contributed by atoms with van der Waals surface area (Å²) in [6.45, 7) is 2.01. The number of rotatable bonds is 4. The highest BCUT2D eigenvalue weighted by Gasteiger charge is 2.23. The Morgan fingerprint density at radius 1 is 1.15 bits per heavy atom. The highest BCUT2D eigenvalue weighted by molar-refractivity contribution is 5.93. The smallest absolute Gasteiger partial charge is 0.229 e. The zero-order chi connectivity index (χ0) is 18.6. The van der Waals surface area contributed by atoms with Gasteiger partial charge < -0.3 is 10.1 Å². The second kappa shape index (κ2) is 7.55. The monoisotopic (exact) mass is 364 g/mol. The number of anilines is 1. The summed E-state index contributed by atoms with van der Waals surface area (Å²) in [6.07, 6.45) is 3.88. The first-order valence-corrected chi connectivity index (χ1v) is 8.79. The van der Waals surface area contributed by atoms with Crippen LogP contribution in [-0.2, 0) is 4.79 Å². The minimum atomic E-state index is 0.0603. The van der Waals surface area contributed by atoms with Gasteiger partial charge in [-0.25, -0.2) is 9.67 Å². The Kier molecular flexibility index (Phi) is 4.80. The van der Waals surface area contributed by atoms with E-state index in [4.69, 9.17) is 9.84 Å². The van der Waals surface area contributed by atoms with Gasteiger partial charge in [-0.1, -0.05) is 6.07 Å². The Morgan fingerprint density at radius 2 is 2.07 bits per heavy atom. The zero-order valence-electron chi connectivity index (χ0n) is 15.0. The quantitative estimate of drug-likeness (QED) is 0.758. The van der Waals surface area contributed by atoms with Crippen LogP contribution in [0.2, 0.25) is 0 Å². The van der Waals surface area contributed by atoms with Gasteiger partial charge in [0.05, 0.1) is 30.4 Å². The van der Waals surface area contributed by atoms with Crippen LogP contribution in [0.3, 0.4) is 0 Å². The van der Waals surface area contributed by atoms with Crippen molar-refractivity contribution in [2.75, 3.05) is 31.6 Å². The molecule has 1 aliphatic rings. The summed E-state index contributed by atoms with van der Waals surface area (Å²) < 4.78 is 6.89. The Hall–Kier alpha value is -3.26.